The zero-order valence-corrected chi connectivity index (χ0v) is 21.6. The van der Waals surface area contributed by atoms with E-state index in [1.807, 2.05) is 4.90 Å². The Bertz CT molecular complexity index is 1340. The molecule has 2 aliphatic heterocycles. The topological polar surface area (TPSA) is 35.7 Å². The first-order chi connectivity index (χ1) is 17.7. The number of fused-ring (bicyclic) bond motifs is 1. The molecule has 2 heterocycles. The molecule has 5 aliphatic rings. The number of alkyl halides is 2. The summed E-state index contributed by atoms with van der Waals surface area (Å²) >= 11 is 0. The van der Waals surface area contributed by atoms with E-state index >= 15 is 0 Å². The summed E-state index contributed by atoms with van der Waals surface area (Å²) in [5.41, 5.74) is 6.43. The third-order valence-electron chi connectivity index (χ3n) is 8.09. The number of carbonyl (C=O) groups excluding carboxylic acids is 1. The Morgan fingerprint density at radius 2 is 1.89 bits per heavy atom. The Morgan fingerprint density at radius 3 is 2.62 bits per heavy atom. The number of hydrogen-bond donors (Lipinski definition) is 0. The molecule has 1 aromatic rings. The average Bonchev–Trinajstić information content (AvgIpc) is 3.41. The Hall–Kier alpha value is -3.15. The van der Waals surface area contributed by atoms with E-state index < -0.39 is 5.92 Å². The summed E-state index contributed by atoms with van der Waals surface area (Å²) < 4.78 is 30.1. The highest BCUT2D eigenvalue weighted by molar-refractivity contribution is 5.98. The van der Waals surface area contributed by atoms with Gasteiger partial charge in [-0.3, -0.25) is 4.79 Å². The van der Waals surface area contributed by atoms with Gasteiger partial charge in [-0.25, -0.2) is 8.78 Å². The number of likely N-dealkylation sites (tertiary alicyclic amines) is 1. The van der Waals surface area contributed by atoms with E-state index in [1.54, 1.807) is 24.6 Å². The SMILES string of the molecule is CC(C)c1ccc([N+]2=NC3=C4[C]2CCN(C(=O)C2=CC5=CC=C(C(C)(F)F)C5=C[CH]2)[C@H]4CCCC3)cc1. The molecule has 0 spiro atoms. The van der Waals surface area contributed by atoms with Crippen LogP contribution in [-0.4, -0.2) is 34.0 Å². The Kier molecular flexibility index (Phi) is 5.89. The van der Waals surface area contributed by atoms with E-state index in [9.17, 15) is 13.6 Å². The van der Waals surface area contributed by atoms with Crippen molar-refractivity contribution in [3.8, 4) is 0 Å². The van der Waals surface area contributed by atoms with Gasteiger partial charge in [-0.1, -0.05) is 55.3 Å². The molecule has 4 nitrogen and oxygen atoms in total. The van der Waals surface area contributed by atoms with Crippen molar-refractivity contribution < 1.29 is 18.3 Å². The molecule has 2 radical (unpaired) electrons. The van der Waals surface area contributed by atoms with Crippen LogP contribution in [0.4, 0.5) is 14.5 Å². The van der Waals surface area contributed by atoms with Crippen LogP contribution >= 0.6 is 0 Å². The van der Waals surface area contributed by atoms with E-state index in [2.05, 4.69) is 42.8 Å². The summed E-state index contributed by atoms with van der Waals surface area (Å²) in [5.74, 6) is -2.48. The Morgan fingerprint density at radius 1 is 1.11 bits per heavy atom. The van der Waals surface area contributed by atoms with E-state index in [4.69, 9.17) is 5.11 Å². The zero-order chi connectivity index (χ0) is 25.9. The molecule has 0 saturated carbocycles. The molecular formula is C31H32F2N3O+. The van der Waals surface area contributed by atoms with Crippen molar-refractivity contribution in [3.05, 3.63) is 100 Å². The fourth-order valence-corrected chi connectivity index (χ4v) is 6.14. The number of rotatable bonds is 4. The second-order valence-electron chi connectivity index (χ2n) is 10.9. The van der Waals surface area contributed by atoms with Crippen molar-refractivity contribution >= 4 is 11.6 Å². The number of amides is 1. The monoisotopic (exact) mass is 500 g/mol. The first-order valence-electron chi connectivity index (χ1n) is 13.3. The van der Waals surface area contributed by atoms with Crippen LogP contribution in [0.5, 0.6) is 0 Å². The van der Waals surface area contributed by atoms with Crippen LogP contribution in [0, 0.1) is 12.5 Å². The van der Waals surface area contributed by atoms with Crippen LogP contribution in [0.3, 0.4) is 0 Å². The number of allylic oxidation sites excluding steroid dienone is 8. The predicted octanol–water partition coefficient (Wildman–Crippen LogP) is 7.47. The molecule has 1 fully saturated rings. The summed E-state index contributed by atoms with van der Waals surface area (Å²) in [6.45, 7) is 5.91. The van der Waals surface area contributed by atoms with E-state index in [0.29, 0.717) is 29.2 Å². The molecule has 0 N–H and O–H groups in total. The van der Waals surface area contributed by atoms with Crippen molar-refractivity contribution in [2.75, 3.05) is 6.54 Å². The maximum atomic E-state index is 14.0. The summed E-state index contributed by atoms with van der Waals surface area (Å²) in [6.07, 6.45) is 13.0. The lowest BCUT2D eigenvalue weighted by Gasteiger charge is -2.37. The van der Waals surface area contributed by atoms with Crippen molar-refractivity contribution in [1.82, 2.24) is 4.90 Å². The number of nitrogens with zero attached hydrogens (tertiary/aromatic N) is 3. The highest BCUT2D eigenvalue weighted by atomic mass is 19.3. The number of piperidine rings is 1. The third kappa shape index (κ3) is 4.14. The number of carbonyl (C=O) groups is 1. The summed E-state index contributed by atoms with van der Waals surface area (Å²) in [5, 5.41) is 5.06. The van der Waals surface area contributed by atoms with Gasteiger partial charge in [0.25, 0.3) is 17.9 Å². The standard InChI is InChI=1S/C31H32F2N3O/c1-19(2)20-8-12-23(13-9-20)36-28-16-17-35(27-7-5-4-6-26(34-36)29(27)28)30(37)22-10-14-24-21(18-22)11-15-25(24)31(3,32)33/h8-15,18-19,27H,4-7,16-17H2,1-3H3/q+1/t27-/m0/s1. The molecule has 3 aliphatic carbocycles. The normalized spacial score (nSPS) is 23.7. The molecule has 37 heavy (non-hydrogen) atoms. The van der Waals surface area contributed by atoms with Gasteiger partial charge < -0.3 is 4.90 Å². The van der Waals surface area contributed by atoms with E-state index in [1.165, 1.54) is 23.3 Å². The number of hydrogen-bond acceptors (Lipinski definition) is 2. The number of azo groups is 2. The molecule has 0 unspecified atom stereocenters. The van der Waals surface area contributed by atoms with Crippen LogP contribution < -0.4 is 0 Å². The lowest BCUT2D eigenvalue weighted by atomic mass is 9.86. The minimum absolute atomic E-state index is 0.00589. The van der Waals surface area contributed by atoms with Gasteiger partial charge in [0.05, 0.1) is 11.6 Å². The lowest BCUT2D eigenvalue weighted by Crippen LogP contribution is -2.48. The summed E-state index contributed by atoms with van der Waals surface area (Å²) in [7, 11) is 0. The first-order valence-corrected chi connectivity index (χ1v) is 13.3. The smallest absolute Gasteiger partial charge is 0.291 e. The second-order valence-corrected chi connectivity index (χ2v) is 10.9. The number of benzene rings is 1. The first kappa shape index (κ1) is 24.2. The van der Waals surface area contributed by atoms with Crippen LogP contribution in [-0.2, 0) is 4.79 Å². The van der Waals surface area contributed by atoms with Gasteiger partial charge in [-0.05, 0) is 53.1 Å². The predicted molar refractivity (Wildman–Crippen MR) is 139 cm³/mol. The van der Waals surface area contributed by atoms with Gasteiger partial charge >= 0.3 is 0 Å². The summed E-state index contributed by atoms with van der Waals surface area (Å²) in [6, 6.07) is 9.85. The Labute approximate surface area is 217 Å². The maximum Gasteiger partial charge on any atom is 0.291 e. The van der Waals surface area contributed by atoms with Crippen molar-refractivity contribution in [2.45, 2.75) is 70.8 Å². The lowest BCUT2D eigenvalue weighted by molar-refractivity contribution is -0.487. The zero-order valence-electron chi connectivity index (χ0n) is 21.6. The van der Waals surface area contributed by atoms with Crippen LogP contribution in [0.15, 0.2) is 87.2 Å². The van der Waals surface area contributed by atoms with Crippen LogP contribution in [0.1, 0.15) is 64.4 Å². The van der Waals surface area contributed by atoms with Gasteiger partial charge in [0, 0.05) is 49.6 Å². The molecule has 1 atom stereocenters. The molecule has 1 aromatic carbocycles. The molecular weight excluding hydrogens is 468 g/mol. The fraction of sp³-hybridized carbons (Fsp3) is 0.387. The summed E-state index contributed by atoms with van der Waals surface area (Å²) in [4.78, 5) is 15.8. The number of halogens is 2. The maximum absolute atomic E-state index is 14.0. The largest absolute Gasteiger partial charge is 0.332 e. The second kappa shape index (κ2) is 9.00. The van der Waals surface area contributed by atoms with Crippen LogP contribution in [0.2, 0.25) is 0 Å². The molecule has 1 saturated heterocycles. The van der Waals surface area contributed by atoms with Crippen molar-refractivity contribution in [1.29, 1.82) is 0 Å². The van der Waals surface area contributed by atoms with E-state index in [0.717, 1.165) is 50.4 Å². The van der Waals surface area contributed by atoms with Crippen molar-refractivity contribution in [2.24, 2.45) is 5.11 Å². The molecule has 190 valence electrons. The van der Waals surface area contributed by atoms with Gasteiger partial charge in [-0.15, -0.1) is 0 Å². The van der Waals surface area contributed by atoms with Gasteiger partial charge in [0.2, 0.25) is 5.69 Å². The van der Waals surface area contributed by atoms with Gasteiger partial charge in [0.15, 0.2) is 0 Å². The Balaban J connectivity index is 1.24. The molecule has 1 amide bonds. The molecule has 0 aromatic heterocycles. The van der Waals surface area contributed by atoms with Gasteiger partial charge in [0.1, 0.15) is 5.70 Å². The average molecular weight is 501 g/mol. The van der Waals surface area contributed by atoms with Crippen LogP contribution in [0.25, 0.3) is 0 Å². The molecule has 6 rings (SSSR count). The minimum atomic E-state index is -2.91. The highest BCUT2D eigenvalue weighted by Crippen LogP contribution is 2.47. The van der Waals surface area contributed by atoms with Crippen molar-refractivity contribution in [3.63, 3.8) is 0 Å². The van der Waals surface area contributed by atoms with Gasteiger partial charge in [-0.2, -0.15) is 0 Å². The third-order valence-corrected chi connectivity index (χ3v) is 8.09. The fourth-order valence-electron chi connectivity index (χ4n) is 6.14. The molecule has 0 bridgehead atoms. The quantitative estimate of drug-likeness (QED) is 0.395. The van der Waals surface area contributed by atoms with E-state index in [-0.39, 0.29) is 17.5 Å². The minimum Gasteiger partial charge on any atom is -0.332 e. The highest BCUT2D eigenvalue weighted by Gasteiger charge is 2.50. The molecule has 6 heteroatoms.